The maximum absolute atomic E-state index is 12.8. The minimum absolute atomic E-state index is 0.0240. The first-order valence-electron chi connectivity index (χ1n) is 30.1. The molecular formula is C58H118O10Sn3. The fraction of sp³-hybridized carbons (Fsp3) is 0.914. The molecule has 13 heteroatoms. The van der Waals surface area contributed by atoms with Gasteiger partial charge in [-0.1, -0.05) is 13.8 Å². The van der Waals surface area contributed by atoms with Crippen molar-refractivity contribution in [2.75, 3.05) is 0 Å². The van der Waals surface area contributed by atoms with E-state index in [1.807, 2.05) is 0 Å². The van der Waals surface area contributed by atoms with Gasteiger partial charge in [0.25, 0.3) is 0 Å². The molecule has 0 spiro atoms. The molecule has 0 saturated heterocycles. The van der Waals surface area contributed by atoms with Gasteiger partial charge in [0.2, 0.25) is 0 Å². The Bertz CT molecular complexity index is 1170. The van der Waals surface area contributed by atoms with E-state index in [4.69, 9.17) is 15.4 Å². The molecule has 0 fully saturated rings. The fourth-order valence-electron chi connectivity index (χ4n) is 9.02. The number of carbonyl (C=O) groups is 5. The molecular weight excluding hydrogens is 1210 g/mol. The summed E-state index contributed by atoms with van der Waals surface area (Å²) in [6.07, 6.45) is 38.5. The number of hydrogen-bond acceptors (Lipinski definition) is 10. The molecule has 0 aliphatic carbocycles. The van der Waals surface area contributed by atoms with Gasteiger partial charge in [0.1, 0.15) is 0 Å². The van der Waals surface area contributed by atoms with Gasteiger partial charge in [0.15, 0.2) is 0 Å². The quantitative estimate of drug-likeness (QED) is 0.0429. The van der Waals surface area contributed by atoms with Crippen LogP contribution in [0.5, 0.6) is 0 Å². The molecule has 0 bridgehead atoms. The number of hydrogen-bond donors (Lipinski definition) is 0. The van der Waals surface area contributed by atoms with Gasteiger partial charge in [0, 0.05) is 0 Å². The third-order valence-corrected chi connectivity index (χ3v) is 46.0. The third-order valence-electron chi connectivity index (χ3n) is 13.2. The van der Waals surface area contributed by atoms with Crippen molar-refractivity contribution < 1.29 is 39.3 Å². The average Bonchev–Trinajstić information content (AvgIpc) is 3.33. The van der Waals surface area contributed by atoms with Crippen LogP contribution in [0, 0.1) is 0 Å². The van der Waals surface area contributed by atoms with Crippen molar-refractivity contribution in [3.63, 3.8) is 0 Å². The predicted molar refractivity (Wildman–Crippen MR) is 306 cm³/mol. The van der Waals surface area contributed by atoms with Gasteiger partial charge >= 0.3 is 445 Å². The monoisotopic (exact) mass is 1330 g/mol. The molecule has 10 nitrogen and oxygen atoms in total. The number of unbranched alkanes of at least 4 members (excludes halogenated alkanes) is 23. The molecule has 0 N–H and O–H groups in total. The first kappa shape index (κ1) is 75.0. The molecule has 0 aromatic carbocycles. The summed E-state index contributed by atoms with van der Waals surface area (Å²) in [6.45, 7) is 24.0. The topological polar surface area (TPSA) is 132 Å². The molecule has 0 aliphatic rings. The van der Waals surface area contributed by atoms with Crippen LogP contribution in [-0.4, -0.2) is 87.0 Å². The molecule has 0 aromatic rings. The fourth-order valence-corrected chi connectivity index (χ4v) is 42.4. The molecule has 0 rings (SSSR count). The Morgan fingerprint density at radius 1 is 0.254 bits per heavy atom. The molecule has 0 aliphatic heterocycles. The summed E-state index contributed by atoms with van der Waals surface area (Å²) in [5.74, 6) is -0.865. The van der Waals surface area contributed by atoms with Crippen LogP contribution in [0.25, 0.3) is 0 Å². The first-order valence-corrected chi connectivity index (χ1v) is 50.1. The molecule has 0 amide bonds. The Morgan fingerprint density at radius 2 is 0.465 bits per heavy atom. The van der Waals surface area contributed by atoms with Crippen molar-refractivity contribution >= 4 is 87.0 Å². The third kappa shape index (κ3) is 47.9. The molecule has 0 atom stereocenters. The summed E-state index contributed by atoms with van der Waals surface area (Å²) >= 11 is -9.84. The van der Waals surface area contributed by atoms with Gasteiger partial charge < -0.3 is 0 Å². The Morgan fingerprint density at radius 3 is 0.704 bits per heavy atom. The van der Waals surface area contributed by atoms with Crippen molar-refractivity contribution in [1.82, 2.24) is 0 Å². The van der Waals surface area contributed by atoms with E-state index in [0.717, 1.165) is 94.8 Å². The van der Waals surface area contributed by atoms with Crippen LogP contribution in [0.15, 0.2) is 0 Å². The van der Waals surface area contributed by atoms with Crippen molar-refractivity contribution in [1.29, 1.82) is 0 Å². The van der Waals surface area contributed by atoms with E-state index in [0.29, 0.717) is 12.8 Å². The molecule has 0 unspecified atom stereocenters. The Kier molecular flexibility index (Phi) is 56.1. The van der Waals surface area contributed by atoms with E-state index < -0.39 is 57.2 Å². The molecule has 71 heavy (non-hydrogen) atoms. The van der Waals surface area contributed by atoms with Gasteiger partial charge in [-0.25, -0.2) is 0 Å². The van der Waals surface area contributed by atoms with Crippen LogP contribution in [-0.2, 0) is 39.3 Å². The Hall–Kier alpha value is -0.254. The second kappa shape index (κ2) is 53.2. The molecule has 0 heterocycles. The zero-order valence-electron chi connectivity index (χ0n) is 49.1. The van der Waals surface area contributed by atoms with Gasteiger partial charge in [-0.3, -0.25) is 0 Å². The maximum atomic E-state index is 12.8. The summed E-state index contributed by atoms with van der Waals surface area (Å²) in [4.78, 5) is 59.5. The van der Waals surface area contributed by atoms with Crippen LogP contribution in [0.3, 0.4) is 0 Å². The molecule has 0 aromatic heterocycles. The van der Waals surface area contributed by atoms with E-state index in [9.17, 15) is 24.0 Å². The molecule has 422 valence electrons. The predicted octanol–water partition coefficient (Wildman–Crippen LogP) is 19.0. The normalized spacial score (nSPS) is 11.4. The van der Waals surface area contributed by atoms with Gasteiger partial charge in [-0.15, -0.1) is 0 Å². The average molecular weight is 1330 g/mol. The molecule has 0 radical (unpaired) electrons. The minimum atomic E-state index is -3.76. The number of rotatable bonds is 46. The van der Waals surface area contributed by atoms with Crippen LogP contribution < -0.4 is 0 Å². The van der Waals surface area contributed by atoms with E-state index in [2.05, 4.69) is 62.3 Å². The van der Waals surface area contributed by atoms with E-state index in [1.54, 1.807) is 6.92 Å². The second-order valence-corrected chi connectivity index (χ2v) is 50.7. The molecule has 0 saturated carbocycles. The zero-order valence-corrected chi connectivity index (χ0v) is 57.6. The van der Waals surface area contributed by atoms with Gasteiger partial charge in [-0.2, -0.15) is 0 Å². The van der Waals surface area contributed by atoms with Gasteiger partial charge in [0.05, 0.1) is 0 Å². The standard InChI is InChI=1S/2C12H24O2.7C4H9.3C2H4O2.3Sn/c2*1-2-3-4-5-6-7-8-9-10-11-12(13)14;7*1-3-4-2;3*1-2(3)4;;;/h2*2-11H2,1H3,(H,13,14);7*1,3-4H2,2H3;3*1H3,(H,3,4);;;/q;;;;;;;;;;;;+1;2*+2/p-5. The van der Waals surface area contributed by atoms with Crippen molar-refractivity contribution in [3.8, 4) is 0 Å². The van der Waals surface area contributed by atoms with Crippen LogP contribution in [0.4, 0.5) is 0 Å². The second-order valence-electron chi connectivity index (χ2n) is 20.6. The van der Waals surface area contributed by atoms with Crippen LogP contribution in [0.2, 0.25) is 31.1 Å². The summed E-state index contributed by atoms with van der Waals surface area (Å²) in [5, 5.41) is 0. The summed E-state index contributed by atoms with van der Waals surface area (Å²) in [7, 11) is 0. The Labute approximate surface area is 455 Å². The van der Waals surface area contributed by atoms with Crippen LogP contribution in [0.1, 0.15) is 301 Å². The van der Waals surface area contributed by atoms with Crippen molar-refractivity contribution in [2.24, 2.45) is 0 Å². The number of carbonyl (C=O) groups excluding carboxylic acids is 5. The Balaban J connectivity index is -0.00000112. The first-order chi connectivity index (χ1) is 34.1. The van der Waals surface area contributed by atoms with Crippen molar-refractivity contribution in [3.05, 3.63) is 0 Å². The SMILES string of the molecule is CCCCCCCCCCCC(=O)[O][Sn]([CH2]CCC)([CH2]CCC)[O]C(=O)CCCCCCCCCCC.CCC[CH2][Sn]([CH2]CCC)([CH2]CCC)[O]C(C)=O.CCC[CH2][Sn]([CH2]CCC)([O]C(C)=O)[O]C(C)=O. The van der Waals surface area contributed by atoms with E-state index >= 15 is 0 Å². The zero-order chi connectivity index (χ0) is 53.9. The van der Waals surface area contributed by atoms with Gasteiger partial charge in [-0.05, 0) is 0 Å². The van der Waals surface area contributed by atoms with Crippen LogP contribution >= 0.6 is 0 Å². The summed E-state index contributed by atoms with van der Waals surface area (Å²) in [5.41, 5.74) is 0. The van der Waals surface area contributed by atoms with Crippen molar-refractivity contribution in [2.45, 2.75) is 332 Å². The van der Waals surface area contributed by atoms with E-state index in [-0.39, 0.29) is 29.8 Å². The summed E-state index contributed by atoms with van der Waals surface area (Å²) in [6, 6.07) is 0. The summed E-state index contributed by atoms with van der Waals surface area (Å²) < 4.78 is 36.2. The van der Waals surface area contributed by atoms with E-state index in [1.165, 1.54) is 156 Å².